The Balaban J connectivity index is 1.48. The normalized spacial score (nSPS) is 18.1. The zero-order chi connectivity index (χ0) is 17.9. The Morgan fingerprint density at radius 1 is 1.08 bits per heavy atom. The van der Waals surface area contributed by atoms with Crippen LogP contribution in [0.15, 0.2) is 54.6 Å². The maximum atomic E-state index is 13.1. The van der Waals surface area contributed by atoms with E-state index in [1.54, 1.807) is 21.5 Å². The zero-order valence-corrected chi connectivity index (χ0v) is 14.8. The largest absolute Gasteiger partial charge is 0.371 e. The summed E-state index contributed by atoms with van der Waals surface area (Å²) in [5, 5.41) is 8.35. The van der Waals surface area contributed by atoms with Crippen LogP contribution >= 0.6 is 12.2 Å². The Labute approximate surface area is 155 Å². The first-order valence-corrected chi connectivity index (χ1v) is 8.79. The van der Waals surface area contributed by atoms with Gasteiger partial charge in [-0.3, -0.25) is 4.90 Å². The van der Waals surface area contributed by atoms with Crippen molar-refractivity contribution in [2.24, 2.45) is 0 Å². The summed E-state index contributed by atoms with van der Waals surface area (Å²) in [5.41, 5.74) is 1.85. The van der Waals surface area contributed by atoms with Crippen LogP contribution < -0.4 is 0 Å². The highest BCUT2D eigenvalue weighted by Crippen LogP contribution is 2.22. The summed E-state index contributed by atoms with van der Waals surface area (Å²) in [5.74, 6) is -0.245. The van der Waals surface area contributed by atoms with Crippen LogP contribution in [0, 0.1) is 10.6 Å². The van der Waals surface area contributed by atoms with Crippen LogP contribution in [0.2, 0.25) is 0 Å². The van der Waals surface area contributed by atoms with E-state index in [9.17, 15) is 4.39 Å². The first kappa shape index (κ1) is 17.0. The van der Waals surface area contributed by atoms with Crippen molar-refractivity contribution in [1.29, 1.82) is 0 Å². The van der Waals surface area contributed by atoms with Gasteiger partial charge in [-0.25, -0.2) is 9.07 Å². The van der Waals surface area contributed by atoms with E-state index in [4.69, 9.17) is 17.0 Å². The predicted octanol–water partition coefficient (Wildman–Crippen LogP) is 2.97. The van der Waals surface area contributed by atoms with E-state index in [1.165, 1.54) is 12.1 Å². The van der Waals surface area contributed by atoms with Crippen molar-refractivity contribution in [2.75, 3.05) is 19.7 Å². The average molecular weight is 371 g/mol. The molecule has 8 heteroatoms. The van der Waals surface area contributed by atoms with Crippen LogP contribution in [-0.4, -0.2) is 44.4 Å². The molecule has 0 amide bonds. The first-order valence-electron chi connectivity index (χ1n) is 8.38. The molecule has 2 heterocycles. The Morgan fingerprint density at radius 2 is 1.85 bits per heavy atom. The van der Waals surface area contributed by atoms with Crippen molar-refractivity contribution in [1.82, 2.24) is 24.7 Å². The van der Waals surface area contributed by atoms with E-state index in [2.05, 4.69) is 15.3 Å². The highest BCUT2D eigenvalue weighted by molar-refractivity contribution is 7.71. The van der Waals surface area contributed by atoms with Gasteiger partial charge in [-0.15, -0.1) is 0 Å². The second-order valence-corrected chi connectivity index (χ2v) is 6.50. The molecule has 4 rings (SSSR count). The summed E-state index contributed by atoms with van der Waals surface area (Å²) >= 11 is 5.51. The number of halogens is 1. The van der Waals surface area contributed by atoms with Crippen molar-refractivity contribution < 1.29 is 9.13 Å². The van der Waals surface area contributed by atoms with Gasteiger partial charge in [0.15, 0.2) is 0 Å². The molecule has 0 unspecified atom stereocenters. The van der Waals surface area contributed by atoms with Gasteiger partial charge in [-0.2, -0.15) is 4.68 Å². The van der Waals surface area contributed by atoms with Crippen molar-refractivity contribution in [3.8, 4) is 5.69 Å². The van der Waals surface area contributed by atoms with Crippen molar-refractivity contribution in [3.05, 3.63) is 70.7 Å². The average Bonchev–Trinajstić information content (AvgIpc) is 3.04. The molecule has 1 atom stereocenters. The minimum atomic E-state index is -0.245. The fourth-order valence-corrected chi connectivity index (χ4v) is 3.23. The molecule has 1 saturated heterocycles. The number of benzene rings is 2. The van der Waals surface area contributed by atoms with Crippen LogP contribution in [-0.2, 0) is 11.4 Å². The third kappa shape index (κ3) is 3.57. The Hall–Kier alpha value is -2.42. The maximum absolute atomic E-state index is 13.1. The van der Waals surface area contributed by atoms with Gasteiger partial charge < -0.3 is 4.74 Å². The third-order valence-electron chi connectivity index (χ3n) is 4.37. The minimum absolute atomic E-state index is 0.0947. The fraction of sp³-hybridized carbons (Fsp3) is 0.278. The molecule has 1 fully saturated rings. The maximum Gasteiger partial charge on any atom is 0.221 e. The van der Waals surface area contributed by atoms with Gasteiger partial charge in [-0.1, -0.05) is 30.3 Å². The Morgan fingerprint density at radius 3 is 2.62 bits per heavy atom. The van der Waals surface area contributed by atoms with Crippen molar-refractivity contribution >= 4 is 12.2 Å². The van der Waals surface area contributed by atoms with Gasteiger partial charge in [0.2, 0.25) is 4.77 Å². The van der Waals surface area contributed by atoms with Crippen LogP contribution in [0.4, 0.5) is 4.39 Å². The van der Waals surface area contributed by atoms with Gasteiger partial charge in [0, 0.05) is 13.1 Å². The molecule has 26 heavy (non-hydrogen) atoms. The molecule has 0 N–H and O–H groups in total. The summed E-state index contributed by atoms with van der Waals surface area (Å²) < 4.78 is 22.8. The summed E-state index contributed by atoms with van der Waals surface area (Å²) in [6.07, 6.45) is -0.0947. The SMILES string of the molecule is Fc1ccc([C@@H]2CN(Cn3nnn(-c4ccccc4)c3=S)CCO2)cc1. The highest BCUT2D eigenvalue weighted by Gasteiger charge is 2.23. The fourth-order valence-electron chi connectivity index (χ4n) is 2.99. The lowest BCUT2D eigenvalue weighted by atomic mass is 10.1. The summed E-state index contributed by atoms with van der Waals surface area (Å²) in [4.78, 5) is 2.21. The monoisotopic (exact) mass is 371 g/mol. The molecule has 0 bridgehead atoms. The smallest absolute Gasteiger partial charge is 0.221 e. The molecule has 1 aliphatic rings. The van der Waals surface area contributed by atoms with Gasteiger partial charge >= 0.3 is 0 Å². The summed E-state index contributed by atoms with van der Waals surface area (Å²) in [7, 11) is 0. The van der Waals surface area contributed by atoms with E-state index >= 15 is 0 Å². The standard InChI is InChI=1S/C18H18FN5OS/c19-15-8-6-14(7-9-15)17-12-22(10-11-25-17)13-23-18(26)24(21-20-23)16-4-2-1-3-5-16/h1-9,17H,10-13H2/t17-/m0/s1. The molecule has 134 valence electrons. The Kier molecular flexibility index (Phi) is 4.87. The molecule has 0 radical (unpaired) electrons. The van der Waals surface area contributed by atoms with E-state index in [-0.39, 0.29) is 11.9 Å². The molecule has 3 aromatic rings. The quantitative estimate of drug-likeness (QED) is 0.660. The highest BCUT2D eigenvalue weighted by atomic mass is 32.1. The van der Waals surface area contributed by atoms with Crippen LogP contribution in [0.5, 0.6) is 0 Å². The number of rotatable bonds is 4. The van der Waals surface area contributed by atoms with Crippen LogP contribution in [0.25, 0.3) is 5.69 Å². The molecule has 1 aromatic heterocycles. The lowest BCUT2D eigenvalue weighted by Crippen LogP contribution is -2.39. The first-order chi connectivity index (χ1) is 12.7. The number of morpholine rings is 1. The number of aromatic nitrogens is 4. The van der Waals surface area contributed by atoms with Crippen molar-refractivity contribution in [2.45, 2.75) is 12.8 Å². The molecular formula is C18H18FN5OS. The van der Waals surface area contributed by atoms with Gasteiger partial charge in [-0.05, 0) is 52.5 Å². The van der Waals surface area contributed by atoms with Crippen molar-refractivity contribution in [3.63, 3.8) is 0 Å². The number of ether oxygens (including phenoxy) is 1. The number of tetrazole rings is 1. The van der Waals surface area contributed by atoms with Gasteiger partial charge in [0.05, 0.1) is 25.1 Å². The zero-order valence-electron chi connectivity index (χ0n) is 14.0. The topological polar surface area (TPSA) is 48.1 Å². The molecular weight excluding hydrogens is 353 g/mol. The lowest BCUT2D eigenvalue weighted by molar-refractivity contribution is -0.0420. The molecule has 0 aliphatic carbocycles. The van der Waals surface area contributed by atoms with E-state index in [1.807, 2.05) is 30.3 Å². The summed E-state index contributed by atoms with van der Waals surface area (Å²) in [6.45, 7) is 2.60. The molecule has 2 aromatic carbocycles. The van der Waals surface area contributed by atoms with Crippen LogP contribution in [0.3, 0.4) is 0 Å². The second kappa shape index (κ2) is 7.45. The predicted molar refractivity (Wildman–Crippen MR) is 96.8 cm³/mol. The lowest BCUT2D eigenvalue weighted by Gasteiger charge is -2.32. The number of hydrogen-bond acceptors (Lipinski definition) is 5. The number of para-hydroxylation sites is 1. The van der Waals surface area contributed by atoms with E-state index < -0.39 is 0 Å². The molecule has 0 spiro atoms. The number of hydrogen-bond donors (Lipinski definition) is 0. The van der Waals surface area contributed by atoms with Gasteiger partial charge in [0.25, 0.3) is 0 Å². The summed E-state index contributed by atoms with van der Waals surface area (Å²) in [6, 6.07) is 16.1. The van der Waals surface area contributed by atoms with Gasteiger partial charge in [0.1, 0.15) is 5.82 Å². The molecule has 0 saturated carbocycles. The molecule has 1 aliphatic heterocycles. The minimum Gasteiger partial charge on any atom is -0.371 e. The van der Waals surface area contributed by atoms with Crippen LogP contribution in [0.1, 0.15) is 11.7 Å². The second-order valence-electron chi connectivity index (χ2n) is 6.14. The molecule has 6 nitrogen and oxygen atoms in total. The Bertz CT molecular complexity index is 925. The van der Waals surface area contributed by atoms with E-state index in [0.717, 1.165) is 17.8 Å². The number of nitrogens with zero attached hydrogens (tertiary/aromatic N) is 5. The third-order valence-corrected chi connectivity index (χ3v) is 4.75. The van der Waals surface area contributed by atoms with E-state index in [0.29, 0.717) is 24.6 Å².